The van der Waals surface area contributed by atoms with E-state index in [9.17, 15) is 4.79 Å². The molecule has 8 heteroatoms. The summed E-state index contributed by atoms with van der Waals surface area (Å²) in [6.45, 7) is 0.816. The summed E-state index contributed by atoms with van der Waals surface area (Å²) in [5, 5.41) is 11.2. The number of aryl methyl sites for hydroxylation is 1. The molecule has 0 aromatic carbocycles. The van der Waals surface area contributed by atoms with Gasteiger partial charge in [-0.2, -0.15) is 10.1 Å². The molecule has 3 heterocycles. The van der Waals surface area contributed by atoms with E-state index in [-0.39, 0.29) is 11.9 Å². The molecule has 8 nitrogen and oxygen atoms in total. The molecule has 2 aromatic rings. The lowest BCUT2D eigenvalue weighted by Crippen LogP contribution is -2.43. The molecule has 1 saturated heterocycles. The van der Waals surface area contributed by atoms with Crippen molar-refractivity contribution in [2.24, 2.45) is 0 Å². The number of aromatic nitrogens is 4. The fourth-order valence-electron chi connectivity index (χ4n) is 5.18. The summed E-state index contributed by atoms with van der Waals surface area (Å²) in [5.74, 6) is 3.06. The van der Waals surface area contributed by atoms with Gasteiger partial charge in [0.1, 0.15) is 11.9 Å². The van der Waals surface area contributed by atoms with Gasteiger partial charge in [0.25, 0.3) is 0 Å². The molecule has 160 valence electrons. The number of carbonyl (C=O) groups excluding carboxylic acids is 1. The molecule has 0 radical (unpaired) electrons. The lowest BCUT2D eigenvalue weighted by Gasteiger charge is -2.27. The molecule has 1 aliphatic heterocycles. The Morgan fingerprint density at radius 1 is 1.13 bits per heavy atom. The number of hydrogen-bond acceptors (Lipinski definition) is 6. The highest BCUT2D eigenvalue weighted by Crippen LogP contribution is 2.35. The van der Waals surface area contributed by atoms with Gasteiger partial charge in [0, 0.05) is 43.9 Å². The van der Waals surface area contributed by atoms with E-state index >= 15 is 0 Å². The van der Waals surface area contributed by atoms with Crippen molar-refractivity contribution in [2.75, 3.05) is 30.9 Å². The molecule has 1 saturated carbocycles. The van der Waals surface area contributed by atoms with Crippen LogP contribution in [0.1, 0.15) is 67.8 Å². The maximum atomic E-state index is 12.7. The Morgan fingerprint density at radius 3 is 2.77 bits per heavy atom. The van der Waals surface area contributed by atoms with Gasteiger partial charge in [-0.25, -0.2) is 4.98 Å². The molecule has 1 atom stereocenters. The lowest BCUT2D eigenvalue weighted by atomic mass is 10.0. The average molecular weight is 410 g/mol. The van der Waals surface area contributed by atoms with Crippen molar-refractivity contribution in [3.63, 3.8) is 0 Å². The predicted molar refractivity (Wildman–Crippen MR) is 116 cm³/mol. The summed E-state index contributed by atoms with van der Waals surface area (Å²) >= 11 is 0. The molecule has 2 fully saturated rings. The second kappa shape index (κ2) is 7.89. The summed E-state index contributed by atoms with van der Waals surface area (Å²) in [5.41, 5.74) is 3.52. The highest BCUT2D eigenvalue weighted by molar-refractivity contribution is 5.85. The molecule has 2 aromatic heterocycles. The van der Waals surface area contributed by atoms with Crippen molar-refractivity contribution in [3.05, 3.63) is 23.0 Å². The van der Waals surface area contributed by atoms with Gasteiger partial charge < -0.3 is 15.1 Å². The van der Waals surface area contributed by atoms with Crippen molar-refractivity contribution >= 4 is 23.5 Å². The largest absolute Gasteiger partial charge is 0.347 e. The Hall–Kier alpha value is -2.64. The minimum atomic E-state index is -0.174. The van der Waals surface area contributed by atoms with Crippen molar-refractivity contribution in [2.45, 2.75) is 69.7 Å². The van der Waals surface area contributed by atoms with Crippen LogP contribution in [0.3, 0.4) is 0 Å². The van der Waals surface area contributed by atoms with Gasteiger partial charge in [0.2, 0.25) is 11.9 Å². The smallest absolute Gasteiger partial charge is 0.244 e. The van der Waals surface area contributed by atoms with Crippen molar-refractivity contribution in [1.82, 2.24) is 25.1 Å². The van der Waals surface area contributed by atoms with Crippen LogP contribution in [0.4, 0.5) is 17.6 Å². The third-order valence-corrected chi connectivity index (χ3v) is 6.80. The van der Waals surface area contributed by atoms with E-state index < -0.39 is 0 Å². The molecule has 0 bridgehead atoms. The van der Waals surface area contributed by atoms with Crippen LogP contribution in [0.2, 0.25) is 0 Å². The summed E-state index contributed by atoms with van der Waals surface area (Å²) < 4.78 is 0. The van der Waals surface area contributed by atoms with Crippen LogP contribution in [-0.2, 0) is 17.6 Å². The zero-order valence-electron chi connectivity index (χ0n) is 17.9. The first kappa shape index (κ1) is 19.3. The molecular formula is C22H31N7O. The molecule has 2 aliphatic carbocycles. The van der Waals surface area contributed by atoms with Gasteiger partial charge in [-0.3, -0.25) is 9.89 Å². The molecule has 2 N–H and O–H groups in total. The zero-order valence-corrected chi connectivity index (χ0v) is 17.9. The Labute approximate surface area is 177 Å². The molecule has 0 unspecified atom stereocenters. The van der Waals surface area contributed by atoms with Crippen LogP contribution < -0.4 is 10.2 Å². The number of hydrogen-bond donors (Lipinski definition) is 2. The Balaban J connectivity index is 1.43. The third-order valence-electron chi connectivity index (χ3n) is 6.80. The first-order valence-electron chi connectivity index (χ1n) is 11.3. The molecular weight excluding hydrogens is 378 g/mol. The Kier molecular flexibility index (Phi) is 5.08. The first-order valence-corrected chi connectivity index (χ1v) is 11.3. The van der Waals surface area contributed by atoms with E-state index in [0.717, 1.165) is 56.0 Å². The fourth-order valence-corrected chi connectivity index (χ4v) is 5.18. The van der Waals surface area contributed by atoms with Crippen LogP contribution >= 0.6 is 0 Å². The van der Waals surface area contributed by atoms with Crippen LogP contribution in [-0.4, -0.2) is 57.7 Å². The highest BCUT2D eigenvalue weighted by atomic mass is 16.2. The monoisotopic (exact) mass is 409 g/mol. The average Bonchev–Trinajstić information content (AvgIpc) is 3.53. The second-order valence-electron chi connectivity index (χ2n) is 9.05. The molecule has 0 spiro atoms. The topological polar surface area (TPSA) is 90.0 Å². The van der Waals surface area contributed by atoms with Crippen molar-refractivity contribution in [1.29, 1.82) is 0 Å². The first-order chi connectivity index (χ1) is 14.6. The number of rotatable bonds is 5. The number of carbonyl (C=O) groups is 1. The van der Waals surface area contributed by atoms with Gasteiger partial charge in [-0.05, 0) is 44.9 Å². The van der Waals surface area contributed by atoms with Crippen LogP contribution in [0, 0.1) is 0 Å². The maximum Gasteiger partial charge on any atom is 0.244 e. The molecule has 5 rings (SSSR count). The third kappa shape index (κ3) is 3.52. The SMILES string of the molecule is CN(C)C(=O)[C@H]1CCCN1c1nc2c(c(Nc3cc(C4CCCC4)[nH]n3)n1)CCC2. The zero-order chi connectivity index (χ0) is 20.7. The minimum Gasteiger partial charge on any atom is -0.347 e. The van der Waals surface area contributed by atoms with Crippen LogP contribution in [0.25, 0.3) is 0 Å². The predicted octanol–water partition coefficient (Wildman–Crippen LogP) is 3.15. The van der Waals surface area contributed by atoms with Crippen LogP contribution in [0.15, 0.2) is 6.07 Å². The van der Waals surface area contributed by atoms with E-state index in [1.165, 1.54) is 36.9 Å². The maximum absolute atomic E-state index is 12.7. The number of anilines is 3. The molecule has 1 amide bonds. The van der Waals surface area contributed by atoms with E-state index in [4.69, 9.17) is 9.97 Å². The summed E-state index contributed by atoms with van der Waals surface area (Å²) in [6, 6.07) is 1.96. The number of fused-ring (bicyclic) bond motifs is 1. The normalized spacial score (nSPS) is 21.3. The summed E-state index contributed by atoms with van der Waals surface area (Å²) in [7, 11) is 3.63. The van der Waals surface area contributed by atoms with E-state index in [1.54, 1.807) is 4.90 Å². The standard InChI is InChI=1S/C22H31N7O/c1-28(2)21(30)18-11-6-12-29(18)22-23-16-10-5-9-15(16)20(25-22)24-19-13-17(26-27-19)14-7-3-4-8-14/h13-14,18H,3-12H2,1-2H3,(H2,23,24,25,26,27)/t18-/m1/s1. The summed E-state index contributed by atoms with van der Waals surface area (Å²) in [6.07, 6.45) is 9.97. The number of nitrogens with one attached hydrogen (secondary N) is 2. The number of amides is 1. The second-order valence-corrected chi connectivity index (χ2v) is 9.05. The lowest BCUT2D eigenvalue weighted by molar-refractivity contribution is -0.129. The van der Waals surface area contributed by atoms with Crippen molar-refractivity contribution in [3.8, 4) is 0 Å². The van der Waals surface area contributed by atoms with E-state index in [1.807, 2.05) is 14.1 Å². The number of H-pyrrole nitrogens is 1. The summed E-state index contributed by atoms with van der Waals surface area (Å²) in [4.78, 5) is 26.2. The van der Waals surface area contributed by atoms with Gasteiger partial charge in [-0.15, -0.1) is 0 Å². The fraction of sp³-hybridized carbons (Fsp3) is 0.636. The van der Waals surface area contributed by atoms with Gasteiger partial charge in [0.05, 0.1) is 5.69 Å². The van der Waals surface area contributed by atoms with E-state index in [0.29, 0.717) is 11.9 Å². The van der Waals surface area contributed by atoms with Gasteiger partial charge in [-0.1, -0.05) is 12.8 Å². The quantitative estimate of drug-likeness (QED) is 0.788. The Morgan fingerprint density at radius 2 is 1.97 bits per heavy atom. The van der Waals surface area contributed by atoms with Crippen LogP contribution in [0.5, 0.6) is 0 Å². The van der Waals surface area contributed by atoms with Gasteiger partial charge >= 0.3 is 0 Å². The molecule has 3 aliphatic rings. The number of nitrogens with zero attached hydrogens (tertiary/aromatic N) is 5. The molecule has 30 heavy (non-hydrogen) atoms. The minimum absolute atomic E-state index is 0.125. The van der Waals surface area contributed by atoms with E-state index in [2.05, 4.69) is 26.5 Å². The van der Waals surface area contributed by atoms with Gasteiger partial charge in [0.15, 0.2) is 5.82 Å². The number of likely N-dealkylation sites (N-methyl/N-ethyl adjacent to an activating group) is 1. The highest BCUT2D eigenvalue weighted by Gasteiger charge is 2.34. The number of aromatic amines is 1. The van der Waals surface area contributed by atoms with Crippen molar-refractivity contribution < 1.29 is 4.79 Å². The Bertz CT molecular complexity index is 932.